The Labute approximate surface area is 199 Å². The molecule has 7 nitrogen and oxygen atoms in total. The van der Waals surface area contributed by atoms with E-state index in [1.54, 1.807) is 20.4 Å². The van der Waals surface area contributed by atoms with Gasteiger partial charge in [-0.05, 0) is 47.5 Å². The molecule has 0 atom stereocenters. The van der Waals surface area contributed by atoms with E-state index in [4.69, 9.17) is 19.9 Å². The lowest BCUT2D eigenvalue weighted by Crippen LogP contribution is -2.31. The molecule has 1 aromatic heterocycles. The zero-order valence-electron chi connectivity index (χ0n) is 17.6. The van der Waals surface area contributed by atoms with E-state index in [0.717, 1.165) is 22.6 Å². The third kappa shape index (κ3) is 7.63. The third-order valence-corrected chi connectivity index (χ3v) is 4.39. The highest BCUT2D eigenvalue weighted by Gasteiger charge is 2.04. The standard InChI is InChI=1S/C23H26N4O3.HI/c1-28-21-11-8-18(13-22(21)29-2)15-27-23(24)26-14-17-6-9-20(10-7-17)30-16-19-5-3-4-12-25-19;/h3-13H,14-16H2,1-2H3,(H3,24,26,27);1H. The van der Waals surface area contributed by atoms with Crippen LogP contribution < -0.4 is 25.3 Å². The molecule has 0 radical (unpaired) electrons. The maximum atomic E-state index is 5.99. The summed E-state index contributed by atoms with van der Waals surface area (Å²) in [5.41, 5.74) is 8.93. The summed E-state index contributed by atoms with van der Waals surface area (Å²) in [5.74, 6) is 2.52. The number of nitrogens with one attached hydrogen (secondary N) is 1. The molecule has 31 heavy (non-hydrogen) atoms. The van der Waals surface area contributed by atoms with Crippen molar-refractivity contribution in [3.05, 3.63) is 83.7 Å². The quantitative estimate of drug-likeness (QED) is 0.246. The molecule has 0 aliphatic heterocycles. The molecule has 0 amide bonds. The van der Waals surface area contributed by atoms with Crippen LogP contribution in [-0.2, 0) is 19.7 Å². The van der Waals surface area contributed by atoms with Gasteiger partial charge < -0.3 is 25.3 Å². The van der Waals surface area contributed by atoms with Crippen LogP contribution in [0.5, 0.6) is 17.2 Å². The van der Waals surface area contributed by atoms with Crippen molar-refractivity contribution >= 4 is 29.9 Å². The molecule has 0 aliphatic carbocycles. The second kappa shape index (κ2) is 12.6. The average Bonchev–Trinajstić information content (AvgIpc) is 2.81. The molecule has 8 heteroatoms. The number of guanidine groups is 1. The van der Waals surface area contributed by atoms with Crippen LogP contribution >= 0.6 is 24.0 Å². The van der Waals surface area contributed by atoms with Gasteiger partial charge in [0.2, 0.25) is 0 Å². The van der Waals surface area contributed by atoms with Crippen molar-refractivity contribution in [2.75, 3.05) is 14.2 Å². The minimum atomic E-state index is 0. The summed E-state index contributed by atoms with van der Waals surface area (Å²) >= 11 is 0. The number of nitrogens with zero attached hydrogens (tertiary/aromatic N) is 2. The van der Waals surface area contributed by atoms with Gasteiger partial charge in [0.15, 0.2) is 17.5 Å². The lowest BCUT2D eigenvalue weighted by molar-refractivity contribution is 0.301. The number of aromatic nitrogens is 1. The average molecular weight is 534 g/mol. The van der Waals surface area contributed by atoms with Gasteiger partial charge in [0.25, 0.3) is 0 Å². The molecule has 1 heterocycles. The Hall–Kier alpha value is -3.01. The number of ether oxygens (including phenoxy) is 3. The minimum Gasteiger partial charge on any atom is -0.493 e. The van der Waals surface area contributed by atoms with Gasteiger partial charge in [0, 0.05) is 12.7 Å². The van der Waals surface area contributed by atoms with Crippen LogP contribution in [-0.4, -0.2) is 25.2 Å². The molecule has 3 aromatic rings. The van der Waals surface area contributed by atoms with Crippen molar-refractivity contribution in [2.24, 2.45) is 10.7 Å². The van der Waals surface area contributed by atoms with Crippen LogP contribution in [0.1, 0.15) is 16.8 Å². The normalized spacial score (nSPS) is 10.7. The van der Waals surface area contributed by atoms with Gasteiger partial charge >= 0.3 is 0 Å². The van der Waals surface area contributed by atoms with Crippen LogP contribution in [0.3, 0.4) is 0 Å². The van der Waals surface area contributed by atoms with Crippen LogP contribution in [0.15, 0.2) is 71.9 Å². The second-order valence-corrected chi connectivity index (χ2v) is 6.50. The van der Waals surface area contributed by atoms with Crippen molar-refractivity contribution < 1.29 is 14.2 Å². The van der Waals surface area contributed by atoms with E-state index in [1.807, 2.05) is 60.7 Å². The first-order valence-corrected chi connectivity index (χ1v) is 9.54. The monoisotopic (exact) mass is 534 g/mol. The predicted molar refractivity (Wildman–Crippen MR) is 132 cm³/mol. The Morgan fingerprint density at radius 3 is 2.39 bits per heavy atom. The van der Waals surface area contributed by atoms with Crippen molar-refractivity contribution in [1.82, 2.24) is 10.3 Å². The molecule has 0 spiro atoms. The Balaban J connectivity index is 0.00000341. The molecule has 0 unspecified atom stereocenters. The Bertz CT molecular complexity index is 966. The van der Waals surface area contributed by atoms with E-state index in [0.29, 0.717) is 37.2 Å². The van der Waals surface area contributed by atoms with Crippen molar-refractivity contribution in [3.8, 4) is 17.2 Å². The number of aliphatic imine (C=N–C) groups is 1. The number of pyridine rings is 1. The summed E-state index contributed by atoms with van der Waals surface area (Å²) < 4.78 is 16.3. The Kier molecular flexibility index (Phi) is 9.89. The van der Waals surface area contributed by atoms with Crippen LogP contribution in [0.2, 0.25) is 0 Å². The second-order valence-electron chi connectivity index (χ2n) is 6.50. The molecule has 0 bridgehead atoms. The summed E-state index contributed by atoms with van der Waals surface area (Å²) in [6.45, 7) is 1.45. The van der Waals surface area contributed by atoms with Crippen molar-refractivity contribution in [1.29, 1.82) is 0 Å². The molecule has 0 saturated heterocycles. The number of benzene rings is 2. The number of nitrogens with two attached hydrogens (primary N) is 1. The zero-order chi connectivity index (χ0) is 21.2. The highest BCUT2D eigenvalue weighted by atomic mass is 127. The number of methoxy groups -OCH3 is 2. The maximum Gasteiger partial charge on any atom is 0.189 e. The van der Waals surface area contributed by atoms with E-state index < -0.39 is 0 Å². The lowest BCUT2D eigenvalue weighted by atomic mass is 10.2. The number of hydrogen-bond donors (Lipinski definition) is 2. The first kappa shape index (κ1) is 24.3. The van der Waals surface area contributed by atoms with Gasteiger partial charge in [-0.2, -0.15) is 0 Å². The van der Waals surface area contributed by atoms with Gasteiger partial charge in [0.05, 0.1) is 26.5 Å². The molecular weight excluding hydrogens is 507 g/mol. The number of rotatable bonds is 9. The van der Waals surface area contributed by atoms with E-state index >= 15 is 0 Å². The van der Waals surface area contributed by atoms with Crippen LogP contribution in [0, 0.1) is 0 Å². The Morgan fingerprint density at radius 1 is 0.968 bits per heavy atom. The van der Waals surface area contributed by atoms with Crippen LogP contribution in [0.4, 0.5) is 0 Å². The SMILES string of the molecule is COc1ccc(CN=C(N)NCc2ccc(OCc3ccccn3)cc2)cc1OC.I. The molecule has 0 saturated carbocycles. The molecule has 0 aliphatic rings. The Morgan fingerprint density at radius 2 is 1.71 bits per heavy atom. The zero-order valence-corrected chi connectivity index (χ0v) is 19.9. The van der Waals surface area contributed by atoms with Gasteiger partial charge in [-0.1, -0.05) is 24.3 Å². The fourth-order valence-electron chi connectivity index (χ4n) is 2.75. The highest BCUT2D eigenvalue weighted by Crippen LogP contribution is 2.27. The van der Waals surface area contributed by atoms with E-state index in [1.165, 1.54) is 0 Å². The molecule has 0 fully saturated rings. The summed E-state index contributed by atoms with van der Waals surface area (Å²) in [6, 6.07) is 19.3. The third-order valence-electron chi connectivity index (χ3n) is 4.39. The number of hydrogen-bond acceptors (Lipinski definition) is 5. The van der Waals surface area contributed by atoms with Gasteiger partial charge in [-0.15, -0.1) is 24.0 Å². The fraction of sp³-hybridized carbons (Fsp3) is 0.217. The maximum absolute atomic E-state index is 5.99. The predicted octanol–water partition coefficient (Wildman–Crippen LogP) is 3.90. The largest absolute Gasteiger partial charge is 0.493 e. The molecule has 164 valence electrons. The fourth-order valence-corrected chi connectivity index (χ4v) is 2.75. The van der Waals surface area contributed by atoms with E-state index in [-0.39, 0.29) is 24.0 Å². The molecule has 3 N–H and O–H groups in total. The first-order chi connectivity index (χ1) is 14.7. The smallest absolute Gasteiger partial charge is 0.189 e. The summed E-state index contributed by atoms with van der Waals surface area (Å²) in [7, 11) is 3.21. The summed E-state index contributed by atoms with van der Waals surface area (Å²) in [5, 5.41) is 3.12. The van der Waals surface area contributed by atoms with Crippen molar-refractivity contribution in [3.63, 3.8) is 0 Å². The first-order valence-electron chi connectivity index (χ1n) is 9.54. The van der Waals surface area contributed by atoms with Gasteiger partial charge in [-0.3, -0.25) is 4.98 Å². The summed E-state index contributed by atoms with van der Waals surface area (Å²) in [6.07, 6.45) is 1.75. The van der Waals surface area contributed by atoms with E-state index in [2.05, 4.69) is 15.3 Å². The van der Waals surface area contributed by atoms with E-state index in [9.17, 15) is 0 Å². The van der Waals surface area contributed by atoms with Gasteiger partial charge in [0.1, 0.15) is 12.4 Å². The lowest BCUT2D eigenvalue weighted by Gasteiger charge is -2.10. The number of halogens is 1. The van der Waals surface area contributed by atoms with Crippen molar-refractivity contribution in [2.45, 2.75) is 19.7 Å². The molecule has 2 aromatic carbocycles. The molecular formula is C23H27IN4O3. The minimum absolute atomic E-state index is 0. The van der Waals surface area contributed by atoms with Crippen LogP contribution in [0.25, 0.3) is 0 Å². The topological polar surface area (TPSA) is 91.0 Å². The highest BCUT2D eigenvalue weighted by molar-refractivity contribution is 14.0. The molecule has 3 rings (SSSR count). The van der Waals surface area contributed by atoms with Gasteiger partial charge in [-0.25, -0.2) is 4.99 Å². The summed E-state index contributed by atoms with van der Waals surface area (Å²) in [4.78, 5) is 8.62.